The Labute approximate surface area is 170 Å². The number of nitrogens with zero attached hydrogens (tertiary/aromatic N) is 2. The molecule has 0 radical (unpaired) electrons. The van der Waals surface area contributed by atoms with E-state index in [4.69, 9.17) is 19.9 Å². The molecule has 2 N–H and O–H groups in total. The molecule has 1 saturated heterocycles. The minimum Gasteiger partial charge on any atom is -0.454 e. The fourth-order valence-electron chi connectivity index (χ4n) is 3.48. The molecule has 2 fully saturated rings. The highest BCUT2D eigenvalue weighted by Crippen LogP contribution is 2.72. The average Bonchev–Trinajstić information content (AvgIpc) is 3.13. The topological polar surface area (TPSA) is 123 Å². The van der Waals surface area contributed by atoms with Crippen LogP contribution in [0.15, 0.2) is 29.7 Å². The van der Waals surface area contributed by atoms with Crippen LogP contribution in [0.2, 0.25) is 0 Å². The second kappa shape index (κ2) is 6.86. The number of hydrogen-bond acceptors (Lipinski definition) is 8. The van der Waals surface area contributed by atoms with Crippen LogP contribution >= 0.6 is 0 Å². The summed E-state index contributed by atoms with van der Waals surface area (Å²) in [7, 11) is 0. The number of nitrogens with two attached hydrogens (primary N) is 1. The number of rotatable bonds is 6. The van der Waals surface area contributed by atoms with Crippen molar-refractivity contribution in [1.29, 1.82) is 0 Å². The predicted molar refractivity (Wildman–Crippen MR) is 99.3 cm³/mol. The molecule has 0 bridgehead atoms. The largest absolute Gasteiger partial charge is 0.454 e. The summed E-state index contributed by atoms with van der Waals surface area (Å²) in [5.74, 6) is -7.24. The standard InChI is InChI=1S/C19H23F2N3O6/c1-6-17-14(28-12(25)9(2)3)18(17,29-13(26)10(4)5)19(20,21)15(30-17)24-8-7-11(22)23-16(24)27/h6-10,14-15H,1H2,2-5H3,(H2,22,23,27)/t14?,15-,17-,18-/m1/s1. The van der Waals surface area contributed by atoms with Crippen LogP contribution in [-0.4, -0.2) is 44.7 Å². The van der Waals surface area contributed by atoms with Crippen LogP contribution < -0.4 is 11.4 Å². The number of carbonyl (C=O) groups is 2. The third-order valence-electron chi connectivity index (χ3n) is 5.21. The molecule has 0 amide bonds. The van der Waals surface area contributed by atoms with E-state index in [0.29, 0.717) is 4.57 Å². The minimum atomic E-state index is -3.98. The Hall–Kier alpha value is -2.82. The maximum Gasteiger partial charge on any atom is 0.351 e. The SMILES string of the molecule is C=C[C@]12O[C@@H](n3ccc(N)nc3=O)C(F)(F)[C@@]1(OC(=O)C(C)C)C2OC(=O)C(C)C. The van der Waals surface area contributed by atoms with Crippen LogP contribution in [-0.2, 0) is 23.8 Å². The van der Waals surface area contributed by atoms with Gasteiger partial charge in [-0.1, -0.05) is 40.3 Å². The molecule has 4 atom stereocenters. The van der Waals surface area contributed by atoms with Gasteiger partial charge in [0.1, 0.15) is 5.82 Å². The number of nitrogen functional groups attached to an aromatic ring is 1. The van der Waals surface area contributed by atoms with Crippen molar-refractivity contribution in [2.24, 2.45) is 11.8 Å². The molecule has 11 heteroatoms. The molecule has 164 valence electrons. The lowest BCUT2D eigenvalue weighted by molar-refractivity contribution is -0.221. The predicted octanol–water partition coefficient (Wildman–Crippen LogP) is 1.43. The van der Waals surface area contributed by atoms with Crippen LogP contribution in [0.3, 0.4) is 0 Å². The Morgan fingerprint density at radius 1 is 1.30 bits per heavy atom. The first-order valence-electron chi connectivity index (χ1n) is 9.33. The molecule has 1 aliphatic carbocycles. The first-order chi connectivity index (χ1) is 13.9. The Balaban J connectivity index is 2.11. The first-order valence-corrected chi connectivity index (χ1v) is 9.33. The summed E-state index contributed by atoms with van der Waals surface area (Å²) in [6.45, 7) is 9.50. The molecule has 2 heterocycles. The van der Waals surface area contributed by atoms with Crippen molar-refractivity contribution in [3.8, 4) is 0 Å². The van der Waals surface area contributed by atoms with Crippen LogP contribution in [0.4, 0.5) is 14.6 Å². The van der Waals surface area contributed by atoms with Crippen molar-refractivity contribution in [3.63, 3.8) is 0 Å². The van der Waals surface area contributed by atoms with Crippen LogP contribution in [0, 0.1) is 11.8 Å². The van der Waals surface area contributed by atoms with E-state index < -0.39 is 58.9 Å². The van der Waals surface area contributed by atoms with Crippen molar-refractivity contribution in [2.75, 3.05) is 5.73 Å². The molecule has 0 spiro atoms. The molecule has 30 heavy (non-hydrogen) atoms. The van der Waals surface area contributed by atoms with Crippen molar-refractivity contribution in [3.05, 3.63) is 35.4 Å². The number of halogens is 2. The van der Waals surface area contributed by atoms with Crippen molar-refractivity contribution < 1.29 is 32.6 Å². The summed E-state index contributed by atoms with van der Waals surface area (Å²) < 4.78 is 48.0. The van der Waals surface area contributed by atoms with Crippen LogP contribution in [0.1, 0.15) is 33.9 Å². The number of anilines is 1. The summed E-state index contributed by atoms with van der Waals surface area (Å²) >= 11 is 0. The zero-order chi connectivity index (χ0) is 22.6. The van der Waals surface area contributed by atoms with Gasteiger partial charge in [0.05, 0.1) is 11.8 Å². The van der Waals surface area contributed by atoms with Gasteiger partial charge in [-0.25, -0.2) is 4.79 Å². The molecule has 2 aliphatic rings. The third-order valence-corrected chi connectivity index (χ3v) is 5.21. The zero-order valence-electron chi connectivity index (χ0n) is 16.9. The lowest BCUT2D eigenvalue weighted by atomic mass is 10.1. The number of esters is 2. The Morgan fingerprint density at radius 2 is 1.90 bits per heavy atom. The summed E-state index contributed by atoms with van der Waals surface area (Å²) in [4.78, 5) is 40.0. The third kappa shape index (κ3) is 2.75. The molecule has 3 rings (SSSR count). The van der Waals surface area contributed by atoms with E-state index in [0.717, 1.165) is 18.3 Å². The molecule has 1 saturated carbocycles. The van der Waals surface area contributed by atoms with Crippen LogP contribution in [0.25, 0.3) is 0 Å². The number of ether oxygens (including phenoxy) is 3. The molecule has 1 aromatic rings. The fourth-order valence-corrected chi connectivity index (χ4v) is 3.48. The fraction of sp³-hybridized carbons (Fsp3) is 0.579. The number of alkyl halides is 2. The Morgan fingerprint density at radius 3 is 2.40 bits per heavy atom. The quantitative estimate of drug-likeness (QED) is 0.534. The zero-order valence-corrected chi connectivity index (χ0v) is 16.9. The minimum absolute atomic E-state index is 0.161. The molecular formula is C19H23F2N3O6. The van der Waals surface area contributed by atoms with E-state index in [1.807, 2.05) is 0 Å². The van der Waals surface area contributed by atoms with E-state index in [1.54, 1.807) is 0 Å². The number of aromatic nitrogens is 2. The molecule has 9 nitrogen and oxygen atoms in total. The highest BCUT2D eigenvalue weighted by atomic mass is 19.3. The van der Waals surface area contributed by atoms with Gasteiger partial charge in [0.25, 0.3) is 5.60 Å². The van der Waals surface area contributed by atoms with E-state index in [9.17, 15) is 14.4 Å². The molecule has 0 aromatic carbocycles. The Kier molecular flexibility index (Phi) is 5.00. The molecule has 1 aromatic heterocycles. The monoisotopic (exact) mass is 427 g/mol. The van der Waals surface area contributed by atoms with Gasteiger partial charge < -0.3 is 19.9 Å². The van der Waals surface area contributed by atoms with Gasteiger partial charge in [0, 0.05) is 6.20 Å². The molecule has 1 unspecified atom stereocenters. The van der Waals surface area contributed by atoms with Gasteiger partial charge in [-0.2, -0.15) is 13.8 Å². The van der Waals surface area contributed by atoms with E-state index >= 15 is 8.78 Å². The lowest BCUT2D eigenvalue weighted by Crippen LogP contribution is -2.49. The summed E-state index contributed by atoms with van der Waals surface area (Å²) in [6.07, 6.45) is -1.82. The number of fused-ring (bicyclic) bond motifs is 1. The van der Waals surface area contributed by atoms with Gasteiger partial charge in [-0.3, -0.25) is 14.2 Å². The maximum atomic E-state index is 15.8. The average molecular weight is 427 g/mol. The van der Waals surface area contributed by atoms with Gasteiger partial charge >= 0.3 is 23.6 Å². The summed E-state index contributed by atoms with van der Waals surface area (Å²) in [6, 6.07) is 1.15. The normalized spacial score (nSPS) is 31.3. The Bertz CT molecular complexity index is 962. The van der Waals surface area contributed by atoms with E-state index in [-0.39, 0.29) is 5.82 Å². The highest BCUT2D eigenvalue weighted by Gasteiger charge is 2.99. The van der Waals surface area contributed by atoms with Crippen molar-refractivity contribution >= 4 is 17.8 Å². The van der Waals surface area contributed by atoms with Crippen molar-refractivity contribution in [1.82, 2.24) is 9.55 Å². The van der Waals surface area contributed by atoms with Gasteiger partial charge in [0.15, 0.2) is 11.7 Å². The number of carbonyl (C=O) groups excluding carboxylic acids is 2. The van der Waals surface area contributed by atoms with Gasteiger partial charge in [-0.15, -0.1) is 0 Å². The number of hydrogen-bond donors (Lipinski definition) is 1. The van der Waals surface area contributed by atoms with E-state index in [2.05, 4.69) is 11.6 Å². The second-order valence-electron chi connectivity index (χ2n) is 7.92. The lowest BCUT2D eigenvalue weighted by Gasteiger charge is -2.29. The maximum absolute atomic E-state index is 15.8. The van der Waals surface area contributed by atoms with Gasteiger partial charge in [0.2, 0.25) is 6.23 Å². The van der Waals surface area contributed by atoms with E-state index in [1.165, 1.54) is 27.7 Å². The van der Waals surface area contributed by atoms with Gasteiger partial charge in [-0.05, 0) is 6.07 Å². The highest BCUT2D eigenvalue weighted by molar-refractivity contribution is 5.76. The first kappa shape index (κ1) is 21.9. The molecular weight excluding hydrogens is 404 g/mol. The second-order valence-corrected chi connectivity index (χ2v) is 7.92. The summed E-state index contributed by atoms with van der Waals surface area (Å²) in [5.41, 5.74) is -0.392. The molecule has 1 aliphatic heterocycles. The smallest absolute Gasteiger partial charge is 0.351 e. The van der Waals surface area contributed by atoms with Crippen molar-refractivity contribution in [2.45, 2.75) is 57.2 Å². The van der Waals surface area contributed by atoms with Crippen LogP contribution in [0.5, 0.6) is 0 Å². The summed E-state index contributed by atoms with van der Waals surface area (Å²) in [5, 5.41) is 0.